The van der Waals surface area contributed by atoms with Gasteiger partial charge in [-0.05, 0) is 24.1 Å². The van der Waals surface area contributed by atoms with Gasteiger partial charge in [-0.25, -0.2) is 0 Å². The van der Waals surface area contributed by atoms with Crippen molar-refractivity contribution in [1.82, 2.24) is 0 Å². The molecular formula is C11H17ClN2O. The topological polar surface area (TPSA) is 58.3 Å². The summed E-state index contributed by atoms with van der Waals surface area (Å²) in [5, 5.41) is 13.0. The number of nitrogens with two attached hydrogens (primary N) is 1. The molecule has 0 bridgehead atoms. The average molecular weight is 229 g/mol. The van der Waals surface area contributed by atoms with Crippen molar-refractivity contribution >= 4 is 23.0 Å². The number of nitrogen functional groups attached to an aromatic ring is 1. The van der Waals surface area contributed by atoms with Crippen LogP contribution >= 0.6 is 11.6 Å². The average Bonchev–Trinajstić information content (AvgIpc) is 2.18. The van der Waals surface area contributed by atoms with Crippen LogP contribution in [0.4, 0.5) is 11.4 Å². The van der Waals surface area contributed by atoms with Crippen molar-refractivity contribution in [3.05, 3.63) is 23.2 Å². The number of rotatable bonds is 4. The third-order valence-corrected chi connectivity index (χ3v) is 2.59. The van der Waals surface area contributed by atoms with E-state index < -0.39 is 0 Å². The summed E-state index contributed by atoms with van der Waals surface area (Å²) in [7, 11) is 0. The van der Waals surface area contributed by atoms with Gasteiger partial charge in [0.25, 0.3) is 0 Å². The summed E-state index contributed by atoms with van der Waals surface area (Å²) in [6.07, 6.45) is 0. The fourth-order valence-corrected chi connectivity index (χ4v) is 1.45. The number of hydrogen-bond donors (Lipinski definition) is 3. The molecule has 0 spiro atoms. The number of nitrogens with one attached hydrogen (secondary N) is 1. The first-order chi connectivity index (χ1) is 7.04. The van der Waals surface area contributed by atoms with Crippen LogP contribution in [-0.2, 0) is 0 Å². The lowest BCUT2D eigenvalue weighted by atomic mass is 10.0. The van der Waals surface area contributed by atoms with Crippen LogP contribution in [0.15, 0.2) is 18.2 Å². The lowest BCUT2D eigenvalue weighted by Gasteiger charge is -2.22. The van der Waals surface area contributed by atoms with E-state index in [4.69, 9.17) is 17.3 Å². The van der Waals surface area contributed by atoms with Gasteiger partial charge in [0.05, 0.1) is 24.0 Å². The van der Waals surface area contributed by atoms with Gasteiger partial charge >= 0.3 is 0 Å². The van der Waals surface area contributed by atoms with Crippen molar-refractivity contribution in [1.29, 1.82) is 0 Å². The largest absolute Gasteiger partial charge is 0.397 e. The number of aliphatic hydroxyl groups is 1. The molecule has 1 atom stereocenters. The standard InChI is InChI=1S/C11H17ClN2O/c1-7(2)11(6-15)14-10-5-8(12)3-4-9(10)13/h3-5,7,11,14-15H,6,13H2,1-2H3/t11-/m1/s1. The zero-order valence-corrected chi connectivity index (χ0v) is 9.75. The molecule has 4 N–H and O–H groups in total. The zero-order chi connectivity index (χ0) is 11.4. The quantitative estimate of drug-likeness (QED) is 0.694. The molecule has 4 heteroatoms. The van der Waals surface area contributed by atoms with E-state index in [1.807, 2.05) is 13.8 Å². The van der Waals surface area contributed by atoms with Crippen molar-refractivity contribution in [2.75, 3.05) is 17.7 Å². The van der Waals surface area contributed by atoms with Crippen LogP contribution in [-0.4, -0.2) is 17.8 Å². The Hall–Kier alpha value is -0.930. The molecule has 0 saturated heterocycles. The molecule has 15 heavy (non-hydrogen) atoms. The molecule has 1 aromatic carbocycles. The number of aliphatic hydroxyl groups excluding tert-OH is 1. The minimum absolute atomic E-state index is 0.00855. The molecule has 0 aromatic heterocycles. The van der Waals surface area contributed by atoms with Gasteiger partial charge in [-0.2, -0.15) is 0 Å². The van der Waals surface area contributed by atoms with Gasteiger partial charge in [-0.3, -0.25) is 0 Å². The Labute approximate surface area is 95.2 Å². The highest BCUT2D eigenvalue weighted by Crippen LogP contribution is 2.24. The van der Waals surface area contributed by atoms with E-state index in [1.165, 1.54) is 0 Å². The third-order valence-electron chi connectivity index (χ3n) is 2.36. The van der Waals surface area contributed by atoms with Gasteiger partial charge in [0.2, 0.25) is 0 Å². The highest BCUT2D eigenvalue weighted by molar-refractivity contribution is 6.31. The van der Waals surface area contributed by atoms with Crippen molar-refractivity contribution < 1.29 is 5.11 Å². The van der Waals surface area contributed by atoms with Gasteiger partial charge in [-0.1, -0.05) is 25.4 Å². The zero-order valence-electron chi connectivity index (χ0n) is 9.00. The van der Waals surface area contributed by atoms with Gasteiger partial charge in [0, 0.05) is 5.02 Å². The van der Waals surface area contributed by atoms with Gasteiger partial charge in [0.15, 0.2) is 0 Å². The van der Waals surface area contributed by atoms with Crippen molar-refractivity contribution in [3.63, 3.8) is 0 Å². The molecule has 0 unspecified atom stereocenters. The fourth-order valence-electron chi connectivity index (χ4n) is 1.28. The molecule has 0 heterocycles. The fraction of sp³-hybridized carbons (Fsp3) is 0.455. The van der Waals surface area contributed by atoms with E-state index in [2.05, 4.69) is 5.32 Å². The lowest BCUT2D eigenvalue weighted by Crippen LogP contribution is -2.29. The van der Waals surface area contributed by atoms with Crippen molar-refractivity contribution in [2.24, 2.45) is 5.92 Å². The maximum absolute atomic E-state index is 9.18. The molecule has 84 valence electrons. The molecule has 0 saturated carbocycles. The summed E-state index contributed by atoms with van der Waals surface area (Å²) in [6, 6.07) is 5.25. The Morgan fingerprint density at radius 3 is 2.67 bits per heavy atom. The molecule has 0 aliphatic heterocycles. The summed E-state index contributed by atoms with van der Waals surface area (Å²) in [4.78, 5) is 0. The Kier molecular flexibility index (Phi) is 4.24. The van der Waals surface area contributed by atoms with E-state index >= 15 is 0 Å². The van der Waals surface area contributed by atoms with Crippen LogP contribution in [0.3, 0.4) is 0 Å². The lowest BCUT2D eigenvalue weighted by molar-refractivity contribution is 0.249. The summed E-state index contributed by atoms with van der Waals surface area (Å²) in [6.45, 7) is 4.15. The molecular weight excluding hydrogens is 212 g/mol. The summed E-state index contributed by atoms with van der Waals surface area (Å²) >= 11 is 5.86. The molecule has 0 amide bonds. The van der Waals surface area contributed by atoms with E-state index in [1.54, 1.807) is 18.2 Å². The minimum atomic E-state index is -0.00855. The first-order valence-corrected chi connectivity index (χ1v) is 5.34. The number of hydrogen-bond acceptors (Lipinski definition) is 3. The van der Waals surface area contributed by atoms with E-state index in [0.29, 0.717) is 16.6 Å². The Morgan fingerprint density at radius 2 is 2.13 bits per heavy atom. The third kappa shape index (κ3) is 3.29. The monoisotopic (exact) mass is 228 g/mol. The van der Waals surface area contributed by atoms with Crippen LogP contribution < -0.4 is 11.1 Å². The van der Waals surface area contributed by atoms with Crippen molar-refractivity contribution in [3.8, 4) is 0 Å². The summed E-state index contributed by atoms with van der Waals surface area (Å²) in [5.41, 5.74) is 7.20. The normalized spacial score (nSPS) is 12.9. The molecule has 1 rings (SSSR count). The van der Waals surface area contributed by atoms with Crippen LogP contribution in [0.5, 0.6) is 0 Å². The molecule has 0 aliphatic carbocycles. The van der Waals surface area contributed by atoms with Gasteiger partial charge in [-0.15, -0.1) is 0 Å². The first-order valence-electron chi connectivity index (χ1n) is 4.97. The smallest absolute Gasteiger partial charge is 0.0635 e. The Morgan fingerprint density at radius 1 is 1.47 bits per heavy atom. The number of benzene rings is 1. The predicted octanol–water partition coefficient (Wildman–Crippen LogP) is 2.35. The van der Waals surface area contributed by atoms with Crippen LogP contribution in [0, 0.1) is 5.92 Å². The maximum Gasteiger partial charge on any atom is 0.0635 e. The second kappa shape index (κ2) is 5.24. The second-order valence-electron chi connectivity index (χ2n) is 3.91. The molecule has 0 aliphatic rings. The minimum Gasteiger partial charge on any atom is -0.397 e. The Bertz CT molecular complexity index is 328. The Balaban J connectivity index is 2.82. The van der Waals surface area contributed by atoms with E-state index in [-0.39, 0.29) is 12.6 Å². The predicted molar refractivity (Wildman–Crippen MR) is 65.2 cm³/mol. The first kappa shape index (κ1) is 12.1. The SMILES string of the molecule is CC(C)[C@@H](CO)Nc1cc(Cl)ccc1N. The summed E-state index contributed by atoms with van der Waals surface area (Å²) in [5.74, 6) is 0.327. The van der Waals surface area contributed by atoms with Gasteiger partial charge < -0.3 is 16.2 Å². The van der Waals surface area contributed by atoms with Crippen LogP contribution in [0.25, 0.3) is 0 Å². The van der Waals surface area contributed by atoms with Gasteiger partial charge in [0.1, 0.15) is 0 Å². The van der Waals surface area contributed by atoms with Crippen LogP contribution in [0.1, 0.15) is 13.8 Å². The summed E-state index contributed by atoms with van der Waals surface area (Å²) < 4.78 is 0. The highest BCUT2D eigenvalue weighted by Gasteiger charge is 2.12. The van der Waals surface area contributed by atoms with Crippen LogP contribution in [0.2, 0.25) is 5.02 Å². The van der Waals surface area contributed by atoms with E-state index in [9.17, 15) is 5.11 Å². The molecule has 0 fully saturated rings. The molecule has 0 radical (unpaired) electrons. The molecule has 1 aromatic rings. The maximum atomic E-state index is 9.18. The molecule has 3 nitrogen and oxygen atoms in total. The second-order valence-corrected chi connectivity index (χ2v) is 4.35. The van der Waals surface area contributed by atoms with Crippen molar-refractivity contribution in [2.45, 2.75) is 19.9 Å². The number of halogens is 1. The number of anilines is 2. The van der Waals surface area contributed by atoms with E-state index in [0.717, 1.165) is 5.69 Å². The highest BCUT2D eigenvalue weighted by atomic mass is 35.5.